The fraction of sp³-hybridized carbons (Fsp3) is 0.316. The van der Waals surface area contributed by atoms with Gasteiger partial charge in [0.05, 0.1) is 13.0 Å². The van der Waals surface area contributed by atoms with Gasteiger partial charge in [-0.1, -0.05) is 29.8 Å². The summed E-state index contributed by atoms with van der Waals surface area (Å²) in [5.74, 6) is -0.593. The maximum absolute atomic E-state index is 11.8. The summed E-state index contributed by atoms with van der Waals surface area (Å²) >= 11 is 0. The van der Waals surface area contributed by atoms with E-state index in [0.717, 1.165) is 33.6 Å². The Labute approximate surface area is 131 Å². The number of hydrogen-bond donors (Lipinski definition) is 1. The molecule has 1 unspecified atom stereocenters. The first kappa shape index (κ1) is 16.1. The molecule has 1 atom stereocenters. The zero-order valence-electron chi connectivity index (χ0n) is 13.5. The molecule has 2 rings (SSSR count). The van der Waals surface area contributed by atoms with Gasteiger partial charge >= 0.3 is 5.97 Å². The topological polar surface area (TPSA) is 46.5 Å². The molecule has 0 radical (unpaired) electrons. The van der Waals surface area contributed by atoms with E-state index in [1.807, 2.05) is 57.2 Å². The maximum atomic E-state index is 11.8. The van der Waals surface area contributed by atoms with Crippen molar-refractivity contribution in [3.63, 3.8) is 0 Å². The number of carboxylic acid groups (broad SMARTS) is 1. The van der Waals surface area contributed by atoms with Crippen LogP contribution in [-0.4, -0.2) is 18.2 Å². The Bertz CT molecular complexity index is 666. The van der Waals surface area contributed by atoms with E-state index in [9.17, 15) is 9.90 Å². The second kappa shape index (κ2) is 6.65. The molecule has 0 bridgehead atoms. The Morgan fingerprint density at radius 1 is 1.14 bits per heavy atom. The molecule has 0 amide bonds. The van der Waals surface area contributed by atoms with Crippen molar-refractivity contribution in [1.82, 2.24) is 0 Å². The van der Waals surface area contributed by atoms with Crippen LogP contribution in [0.5, 0.6) is 5.75 Å². The van der Waals surface area contributed by atoms with Gasteiger partial charge in [-0.25, -0.2) is 0 Å². The van der Waals surface area contributed by atoms with Crippen molar-refractivity contribution in [3.8, 4) is 5.75 Å². The summed E-state index contributed by atoms with van der Waals surface area (Å²) < 4.78 is 5.22. The summed E-state index contributed by atoms with van der Waals surface area (Å²) in [5, 5.41) is 9.70. The van der Waals surface area contributed by atoms with Crippen LogP contribution in [-0.2, 0) is 11.2 Å². The normalized spacial score (nSPS) is 12.0. The summed E-state index contributed by atoms with van der Waals surface area (Å²) in [7, 11) is 1.61. The van der Waals surface area contributed by atoms with Crippen molar-refractivity contribution in [3.05, 3.63) is 64.2 Å². The third-order valence-electron chi connectivity index (χ3n) is 3.96. The van der Waals surface area contributed by atoms with E-state index in [-0.39, 0.29) is 0 Å². The molecule has 0 fully saturated rings. The number of carbonyl (C=O) groups is 1. The van der Waals surface area contributed by atoms with Crippen LogP contribution in [0.2, 0.25) is 0 Å². The Hall–Kier alpha value is -2.29. The molecule has 0 saturated carbocycles. The molecule has 0 aliphatic heterocycles. The van der Waals surface area contributed by atoms with E-state index in [0.29, 0.717) is 6.42 Å². The van der Waals surface area contributed by atoms with Gasteiger partial charge in [-0.3, -0.25) is 4.79 Å². The molecule has 1 N–H and O–H groups in total. The van der Waals surface area contributed by atoms with Crippen LogP contribution in [0.25, 0.3) is 0 Å². The minimum absolute atomic E-state index is 0.456. The van der Waals surface area contributed by atoms with Crippen molar-refractivity contribution >= 4 is 5.97 Å². The summed E-state index contributed by atoms with van der Waals surface area (Å²) in [4.78, 5) is 11.8. The molecule has 0 saturated heterocycles. The van der Waals surface area contributed by atoms with E-state index >= 15 is 0 Å². The molecule has 22 heavy (non-hydrogen) atoms. The lowest BCUT2D eigenvalue weighted by Crippen LogP contribution is -2.17. The van der Waals surface area contributed by atoms with E-state index in [1.165, 1.54) is 0 Å². The lowest BCUT2D eigenvalue weighted by Gasteiger charge is -2.19. The summed E-state index contributed by atoms with van der Waals surface area (Å²) in [6, 6.07) is 11.7. The first-order chi connectivity index (χ1) is 10.4. The fourth-order valence-electron chi connectivity index (χ4n) is 3.09. The molecular weight excluding hydrogens is 276 g/mol. The molecule has 0 aromatic heterocycles. The van der Waals surface area contributed by atoms with Crippen LogP contribution in [0.4, 0.5) is 0 Å². The number of aliphatic carboxylic acids is 1. The highest BCUT2D eigenvalue weighted by Crippen LogP contribution is 2.29. The smallest absolute Gasteiger partial charge is 0.311 e. The lowest BCUT2D eigenvalue weighted by molar-refractivity contribution is -0.138. The molecular formula is C19H22O3. The minimum atomic E-state index is -0.794. The highest BCUT2D eigenvalue weighted by molar-refractivity contribution is 5.78. The van der Waals surface area contributed by atoms with E-state index in [1.54, 1.807) is 7.11 Å². The average molecular weight is 298 g/mol. The van der Waals surface area contributed by atoms with Gasteiger partial charge in [-0.05, 0) is 61.6 Å². The molecule has 0 spiro atoms. The van der Waals surface area contributed by atoms with Crippen LogP contribution in [0, 0.1) is 20.8 Å². The SMILES string of the molecule is COc1cccc(CC(C(=O)O)c2c(C)cc(C)cc2C)c1. The number of carboxylic acids is 1. The number of rotatable bonds is 5. The minimum Gasteiger partial charge on any atom is -0.497 e. The largest absolute Gasteiger partial charge is 0.497 e. The van der Waals surface area contributed by atoms with Gasteiger partial charge < -0.3 is 9.84 Å². The van der Waals surface area contributed by atoms with Crippen LogP contribution >= 0.6 is 0 Å². The number of benzene rings is 2. The van der Waals surface area contributed by atoms with E-state index < -0.39 is 11.9 Å². The third kappa shape index (κ3) is 3.48. The van der Waals surface area contributed by atoms with Crippen molar-refractivity contribution in [1.29, 1.82) is 0 Å². The quantitative estimate of drug-likeness (QED) is 0.906. The van der Waals surface area contributed by atoms with Gasteiger partial charge in [0.15, 0.2) is 0 Å². The zero-order chi connectivity index (χ0) is 16.3. The Kier molecular flexibility index (Phi) is 4.86. The Balaban J connectivity index is 2.41. The predicted octanol–water partition coefficient (Wildman–Crippen LogP) is 4.03. The first-order valence-electron chi connectivity index (χ1n) is 7.36. The monoisotopic (exact) mass is 298 g/mol. The Morgan fingerprint density at radius 2 is 1.77 bits per heavy atom. The van der Waals surface area contributed by atoms with Crippen LogP contribution in [0.3, 0.4) is 0 Å². The molecule has 0 heterocycles. The van der Waals surface area contributed by atoms with Gasteiger partial charge in [-0.2, -0.15) is 0 Å². The number of hydrogen-bond acceptors (Lipinski definition) is 2. The van der Waals surface area contributed by atoms with Gasteiger partial charge in [-0.15, -0.1) is 0 Å². The van der Waals surface area contributed by atoms with Crippen molar-refractivity contribution in [2.75, 3.05) is 7.11 Å². The van der Waals surface area contributed by atoms with Crippen LogP contribution in [0.15, 0.2) is 36.4 Å². The average Bonchev–Trinajstić information content (AvgIpc) is 2.45. The third-order valence-corrected chi connectivity index (χ3v) is 3.96. The highest BCUT2D eigenvalue weighted by atomic mass is 16.5. The van der Waals surface area contributed by atoms with E-state index in [2.05, 4.69) is 0 Å². The number of methoxy groups -OCH3 is 1. The standard InChI is InChI=1S/C19H22O3/c1-12-8-13(2)18(14(3)9-12)17(19(20)21)11-15-6-5-7-16(10-15)22-4/h5-10,17H,11H2,1-4H3,(H,20,21). The highest BCUT2D eigenvalue weighted by Gasteiger charge is 2.24. The second-order valence-corrected chi connectivity index (χ2v) is 5.76. The van der Waals surface area contributed by atoms with Crippen molar-refractivity contribution in [2.45, 2.75) is 33.1 Å². The van der Waals surface area contributed by atoms with Crippen molar-refractivity contribution in [2.24, 2.45) is 0 Å². The molecule has 0 aliphatic rings. The number of aryl methyl sites for hydroxylation is 3. The molecule has 0 aliphatic carbocycles. The molecule has 3 nitrogen and oxygen atoms in total. The Morgan fingerprint density at radius 3 is 2.32 bits per heavy atom. The lowest BCUT2D eigenvalue weighted by atomic mass is 9.85. The van der Waals surface area contributed by atoms with Gasteiger partial charge in [0.1, 0.15) is 5.75 Å². The van der Waals surface area contributed by atoms with Crippen molar-refractivity contribution < 1.29 is 14.6 Å². The molecule has 3 heteroatoms. The van der Waals surface area contributed by atoms with E-state index in [4.69, 9.17) is 4.74 Å². The fourth-order valence-corrected chi connectivity index (χ4v) is 3.09. The van der Waals surface area contributed by atoms with Gasteiger partial charge in [0.2, 0.25) is 0 Å². The van der Waals surface area contributed by atoms with Gasteiger partial charge in [0, 0.05) is 0 Å². The summed E-state index contributed by atoms with van der Waals surface area (Å²) in [6.45, 7) is 6.00. The van der Waals surface area contributed by atoms with Crippen LogP contribution in [0.1, 0.15) is 33.7 Å². The van der Waals surface area contributed by atoms with Gasteiger partial charge in [0.25, 0.3) is 0 Å². The second-order valence-electron chi connectivity index (χ2n) is 5.76. The van der Waals surface area contributed by atoms with Crippen LogP contribution < -0.4 is 4.74 Å². The molecule has 2 aromatic rings. The molecule has 116 valence electrons. The predicted molar refractivity (Wildman–Crippen MR) is 87.7 cm³/mol. The zero-order valence-corrected chi connectivity index (χ0v) is 13.5. The molecule has 2 aromatic carbocycles. The summed E-state index contributed by atoms with van der Waals surface area (Å²) in [6.07, 6.45) is 0.456. The summed E-state index contributed by atoms with van der Waals surface area (Å²) in [5.41, 5.74) is 5.11. The maximum Gasteiger partial charge on any atom is 0.311 e. The number of ether oxygens (including phenoxy) is 1. The first-order valence-corrected chi connectivity index (χ1v) is 7.36.